The summed E-state index contributed by atoms with van der Waals surface area (Å²) in [5.74, 6) is 0. The number of pyridine rings is 1. The molecule has 0 aliphatic rings. The van der Waals surface area contributed by atoms with Gasteiger partial charge in [0.15, 0.2) is 0 Å². The number of nitrogen functional groups attached to an aromatic ring is 1. The SMILES string of the molecule is NCc1cnc(C(F)F)c(N)c1C(F)(F)F. The maximum Gasteiger partial charge on any atom is 0.418 e. The molecular formula is C8H8F5N3. The van der Waals surface area contributed by atoms with Crippen molar-refractivity contribution in [1.82, 2.24) is 4.98 Å². The minimum Gasteiger partial charge on any atom is -0.397 e. The topological polar surface area (TPSA) is 64.9 Å². The van der Waals surface area contributed by atoms with Crippen molar-refractivity contribution < 1.29 is 22.0 Å². The van der Waals surface area contributed by atoms with Gasteiger partial charge in [-0.3, -0.25) is 4.98 Å². The summed E-state index contributed by atoms with van der Waals surface area (Å²) in [6.45, 7) is -0.477. The largest absolute Gasteiger partial charge is 0.418 e. The predicted octanol–water partition coefficient (Wildman–Crippen LogP) is 2.08. The number of hydrogen-bond acceptors (Lipinski definition) is 3. The van der Waals surface area contributed by atoms with Crippen LogP contribution < -0.4 is 11.5 Å². The first-order valence-corrected chi connectivity index (χ1v) is 4.11. The fraction of sp³-hybridized carbons (Fsp3) is 0.375. The molecule has 0 atom stereocenters. The molecule has 0 saturated heterocycles. The van der Waals surface area contributed by atoms with Gasteiger partial charge < -0.3 is 11.5 Å². The molecule has 0 bridgehead atoms. The monoisotopic (exact) mass is 241 g/mol. The van der Waals surface area contributed by atoms with Crippen LogP contribution in [-0.4, -0.2) is 4.98 Å². The summed E-state index contributed by atoms with van der Waals surface area (Å²) in [7, 11) is 0. The molecule has 0 radical (unpaired) electrons. The maximum absolute atomic E-state index is 12.5. The average Bonchev–Trinajstić information content (AvgIpc) is 2.14. The summed E-state index contributed by atoms with van der Waals surface area (Å²) in [6, 6.07) is 0. The van der Waals surface area contributed by atoms with Crippen LogP contribution in [0.25, 0.3) is 0 Å². The highest BCUT2D eigenvalue weighted by molar-refractivity contribution is 5.55. The van der Waals surface area contributed by atoms with E-state index >= 15 is 0 Å². The molecular weight excluding hydrogens is 233 g/mol. The molecule has 0 aliphatic carbocycles. The van der Waals surface area contributed by atoms with Crippen LogP contribution in [0.4, 0.5) is 27.6 Å². The molecule has 0 saturated carbocycles. The van der Waals surface area contributed by atoms with Crippen molar-refractivity contribution in [3.63, 3.8) is 0 Å². The van der Waals surface area contributed by atoms with E-state index in [2.05, 4.69) is 4.98 Å². The number of anilines is 1. The first-order valence-electron chi connectivity index (χ1n) is 4.11. The zero-order valence-electron chi connectivity index (χ0n) is 7.85. The fourth-order valence-electron chi connectivity index (χ4n) is 1.25. The lowest BCUT2D eigenvalue weighted by Gasteiger charge is -2.16. The van der Waals surface area contributed by atoms with E-state index in [-0.39, 0.29) is 0 Å². The standard InChI is InChI=1S/C8H8F5N3/c9-7(10)6-5(15)4(8(11,12)13)3(1-14)2-16-6/h2,7H,1,14-15H2. The first kappa shape index (κ1) is 12.6. The van der Waals surface area contributed by atoms with Crippen LogP contribution in [0.3, 0.4) is 0 Å². The Kier molecular flexibility index (Phi) is 3.32. The minimum atomic E-state index is -4.83. The van der Waals surface area contributed by atoms with Crippen LogP contribution in [0.1, 0.15) is 23.2 Å². The second-order valence-corrected chi connectivity index (χ2v) is 2.96. The molecule has 4 N–H and O–H groups in total. The van der Waals surface area contributed by atoms with Crippen LogP contribution in [0.2, 0.25) is 0 Å². The Balaban J connectivity index is 3.47. The Hall–Kier alpha value is -1.44. The van der Waals surface area contributed by atoms with Gasteiger partial charge in [-0.1, -0.05) is 0 Å². The molecule has 0 amide bonds. The van der Waals surface area contributed by atoms with Crippen molar-refractivity contribution in [2.45, 2.75) is 19.1 Å². The molecule has 1 heterocycles. The van der Waals surface area contributed by atoms with Crippen LogP contribution in [-0.2, 0) is 12.7 Å². The molecule has 0 spiro atoms. The summed E-state index contributed by atoms with van der Waals surface area (Å²) >= 11 is 0. The highest BCUT2D eigenvalue weighted by Gasteiger charge is 2.37. The van der Waals surface area contributed by atoms with Gasteiger partial charge in [-0.05, 0) is 5.56 Å². The maximum atomic E-state index is 12.5. The summed E-state index contributed by atoms with van der Waals surface area (Å²) in [6.07, 6.45) is -7.32. The molecule has 0 fully saturated rings. The molecule has 0 unspecified atom stereocenters. The normalized spacial score (nSPS) is 12.2. The molecule has 1 aromatic heterocycles. The first-order chi connectivity index (χ1) is 7.29. The number of aromatic nitrogens is 1. The van der Waals surface area contributed by atoms with E-state index in [0.717, 1.165) is 0 Å². The van der Waals surface area contributed by atoms with Crippen molar-refractivity contribution in [1.29, 1.82) is 0 Å². The van der Waals surface area contributed by atoms with Crippen molar-refractivity contribution in [3.8, 4) is 0 Å². The van der Waals surface area contributed by atoms with Crippen molar-refractivity contribution in [2.75, 3.05) is 5.73 Å². The Bertz CT molecular complexity index is 388. The fourth-order valence-corrected chi connectivity index (χ4v) is 1.25. The van der Waals surface area contributed by atoms with Crippen LogP contribution in [0.15, 0.2) is 6.20 Å². The molecule has 0 aliphatic heterocycles. The number of rotatable bonds is 2. The van der Waals surface area contributed by atoms with E-state index < -0.39 is 41.7 Å². The van der Waals surface area contributed by atoms with Gasteiger partial charge in [0.2, 0.25) is 0 Å². The van der Waals surface area contributed by atoms with Crippen LogP contribution in [0.5, 0.6) is 0 Å². The zero-order valence-corrected chi connectivity index (χ0v) is 7.85. The third-order valence-electron chi connectivity index (χ3n) is 1.94. The number of hydrogen-bond donors (Lipinski definition) is 2. The van der Waals surface area contributed by atoms with Crippen molar-refractivity contribution in [2.24, 2.45) is 5.73 Å². The Labute approximate surface area is 87.3 Å². The van der Waals surface area contributed by atoms with E-state index in [1.807, 2.05) is 0 Å². The summed E-state index contributed by atoms with van der Waals surface area (Å²) < 4.78 is 62.2. The molecule has 3 nitrogen and oxygen atoms in total. The quantitative estimate of drug-likeness (QED) is 0.779. The minimum absolute atomic E-state index is 0.408. The third-order valence-corrected chi connectivity index (χ3v) is 1.94. The van der Waals surface area contributed by atoms with Gasteiger partial charge in [0, 0.05) is 12.7 Å². The highest BCUT2D eigenvalue weighted by atomic mass is 19.4. The Morgan fingerprint density at radius 3 is 2.25 bits per heavy atom. The van der Waals surface area contributed by atoms with Gasteiger partial charge in [-0.2, -0.15) is 13.2 Å². The smallest absolute Gasteiger partial charge is 0.397 e. The molecule has 8 heteroatoms. The van der Waals surface area contributed by atoms with Gasteiger partial charge in [-0.15, -0.1) is 0 Å². The van der Waals surface area contributed by atoms with Crippen molar-refractivity contribution >= 4 is 5.69 Å². The van der Waals surface area contributed by atoms with E-state index in [4.69, 9.17) is 11.5 Å². The summed E-state index contributed by atoms with van der Waals surface area (Å²) in [4.78, 5) is 3.17. The predicted molar refractivity (Wildman–Crippen MR) is 46.5 cm³/mol. The highest BCUT2D eigenvalue weighted by Crippen LogP contribution is 2.39. The van der Waals surface area contributed by atoms with E-state index in [9.17, 15) is 22.0 Å². The molecule has 1 rings (SSSR count). The van der Waals surface area contributed by atoms with Gasteiger partial charge in [-0.25, -0.2) is 8.78 Å². The van der Waals surface area contributed by atoms with Crippen LogP contribution in [0, 0.1) is 0 Å². The molecule has 1 aromatic rings. The van der Waals surface area contributed by atoms with Gasteiger partial charge in [0.05, 0.1) is 11.3 Å². The summed E-state index contributed by atoms with van der Waals surface area (Å²) in [5, 5.41) is 0. The summed E-state index contributed by atoms with van der Waals surface area (Å²) in [5.41, 5.74) is 6.20. The second-order valence-electron chi connectivity index (χ2n) is 2.96. The van der Waals surface area contributed by atoms with Gasteiger partial charge in [0.1, 0.15) is 5.69 Å². The van der Waals surface area contributed by atoms with E-state index in [1.54, 1.807) is 0 Å². The number of alkyl halides is 5. The molecule has 16 heavy (non-hydrogen) atoms. The van der Waals surface area contributed by atoms with E-state index in [1.165, 1.54) is 0 Å². The van der Waals surface area contributed by atoms with Gasteiger partial charge >= 0.3 is 6.18 Å². The third kappa shape index (κ3) is 2.21. The molecule has 0 aromatic carbocycles. The number of nitrogens with two attached hydrogens (primary N) is 2. The van der Waals surface area contributed by atoms with Crippen molar-refractivity contribution in [3.05, 3.63) is 23.0 Å². The zero-order chi connectivity index (χ0) is 12.5. The number of halogens is 5. The Morgan fingerprint density at radius 2 is 1.88 bits per heavy atom. The van der Waals surface area contributed by atoms with E-state index in [0.29, 0.717) is 6.20 Å². The molecule has 90 valence electrons. The van der Waals surface area contributed by atoms with Gasteiger partial charge in [0.25, 0.3) is 6.43 Å². The average molecular weight is 241 g/mol. The number of nitrogens with zero attached hydrogens (tertiary/aromatic N) is 1. The Morgan fingerprint density at radius 1 is 1.31 bits per heavy atom. The lowest BCUT2D eigenvalue weighted by atomic mass is 10.1. The lowest BCUT2D eigenvalue weighted by molar-refractivity contribution is -0.137. The second kappa shape index (κ2) is 4.20. The lowest BCUT2D eigenvalue weighted by Crippen LogP contribution is -2.17. The van der Waals surface area contributed by atoms with Crippen LogP contribution >= 0.6 is 0 Å².